The molecule has 1 aromatic rings. The van der Waals surface area contributed by atoms with Crippen molar-refractivity contribution in [3.05, 3.63) is 24.0 Å². The largest absolute Gasteiger partial charge is 0.312 e. The third kappa shape index (κ3) is 2.49. The van der Waals surface area contributed by atoms with Gasteiger partial charge in [0.2, 0.25) is 0 Å². The van der Waals surface area contributed by atoms with Gasteiger partial charge in [0.1, 0.15) is 0 Å². The molecule has 1 aliphatic rings. The van der Waals surface area contributed by atoms with Crippen LogP contribution in [0.2, 0.25) is 0 Å². The summed E-state index contributed by atoms with van der Waals surface area (Å²) >= 11 is 0. The van der Waals surface area contributed by atoms with Crippen LogP contribution in [0.1, 0.15) is 12.6 Å². The number of nitrogens with zero attached hydrogens (tertiary/aromatic N) is 3. The zero-order valence-electron chi connectivity index (χ0n) is 8.48. The molecule has 0 amide bonds. The molecule has 0 spiro atoms. The quantitative estimate of drug-likeness (QED) is 0.730. The molecule has 76 valence electrons. The highest BCUT2D eigenvalue weighted by Crippen LogP contribution is 2.03. The Bertz CT molecular complexity index is 275. The third-order valence-corrected chi connectivity index (χ3v) is 2.47. The maximum Gasteiger partial charge on any atom is 0.0771 e. The summed E-state index contributed by atoms with van der Waals surface area (Å²) in [5.41, 5.74) is 1.06. The zero-order valence-corrected chi connectivity index (χ0v) is 8.48. The molecule has 0 radical (unpaired) electrons. The number of hydrogen-bond donors (Lipinski definition) is 1. The summed E-state index contributed by atoms with van der Waals surface area (Å²) in [6.45, 7) is 6.39. The number of piperazine rings is 1. The molecule has 2 rings (SSSR count). The fraction of sp³-hybridized carbons (Fsp3) is 0.600. The summed E-state index contributed by atoms with van der Waals surface area (Å²) < 4.78 is 0. The highest BCUT2D eigenvalue weighted by atomic mass is 15.2. The predicted molar refractivity (Wildman–Crippen MR) is 54.8 cm³/mol. The minimum Gasteiger partial charge on any atom is -0.312 e. The van der Waals surface area contributed by atoms with Crippen LogP contribution >= 0.6 is 0 Å². The van der Waals surface area contributed by atoms with Crippen LogP contribution in [0.25, 0.3) is 0 Å². The first kappa shape index (κ1) is 9.55. The Morgan fingerprint density at radius 3 is 3.29 bits per heavy atom. The van der Waals surface area contributed by atoms with Crippen molar-refractivity contribution < 1.29 is 0 Å². The molecule has 2 heterocycles. The minimum atomic E-state index is 0.584. The number of hydrogen-bond acceptors (Lipinski definition) is 4. The summed E-state index contributed by atoms with van der Waals surface area (Å²) in [6.07, 6.45) is 1.71. The summed E-state index contributed by atoms with van der Waals surface area (Å²) in [7, 11) is 0. The Hall–Kier alpha value is -1.00. The number of nitrogens with one attached hydrogen (secondary N) is 1. The van der Waals surface area contributed by atoms with E-state index in [-0.39, 0.29) is 0 Å². The average Bonchev–Trinajstić information content (AvgIpc) is 2.19. The first-order chi connectivity index (χ1) is 6.84. The molecule has 14 heavy (non-hydrogen) atoms. The third-order valence-electron chi connectivity index (χ3n) is 2.47. The van der Waals surface area contributed by atoms with Crippen molar-refractivity contribution in [1.29, 1.82) is 0 Å². The van der Waals surface area contributed by atoms with E-state index in [4.69, 9.17) is 0 Å². The van der Waals surface area contributed by atoms with Crippen LogP contribution in [0, 0.1) is 0 Å². The van der Waals surface area contributed by atoms with Gasteiger partial charge in [-0.15, -0.1) is 0 Å². The van der Waals surface area contributed by atoms with Crippen LogP contribution < -0.4 is 5.32 Å². The summed E-state index contributed by atoms with van der Waals surface area (Å²) in [4.78, 5) is 2.41. The molecule has 1 N–H and O–H groups in total. The van der Waals surface area contributed by atoms with Gasteiger partial charge in [-0.1, -0.05) is 0 Å². The molecule has 4 nitrogen and oxygen atoms in total. The lowest BCUT2D eigenvalue weighted by Crippen LogP contribution is -2.48. The van der Waals surface area contributed by atoms with E-state index >= 15 is 0 Å². The molecule has 0 saturated carbocycles. The van der Waals surface area contributed by atoms with Crippen molar-refractivity contribution >= 4 is 0 Å². The van der Waals surface area contributed by atoms with Crippen LogP contribution in [-0.2, 0) is 6.54 Å². The van der Waals surface area contributed by atoms with Gasteiger partial charge in [-0.25, -0.2) is 0 Å². The van der Waals surface area contributed by atoms with E-state index in [1.165, 1.54) is 0 Å². The Kier molecular flexibility index (Phi) is 3.06. The van der Waals surface area contributed by atoms with E-state index in [0.29, 0.717) is 6.04 Å². The molecule has 1 aliphatic heterocycles. The second-order valence-electron chi connectivity index (χ2n) is 3.81. The molecular formula is C10H16N4. The lowest BCUT2D eigenvalue weighted by Gasteiger charge is -2.31. The van der Waals surface area contributed by atoms with Gasteiger partial charge in [-0.3, -0.25) is 4.90 Å². The molecular weight excluding hydrogens is 176 g/mol. The molecule has 0 bridgehead atoms. The molecule has 0 aromatic carbocycles. The molecule has 0 aliphatic carbocycles. The van der Waals surface area contributed by atoms with Crippen LogP contribution in [0.5, 0.6) is 0 Å². The highest BCUT2D eigenvalue weighted by molar-refractivity contribution is 4.99. The molecule has 1 fully saturated rings. The van der Waals surface area contributed by atoms with Crippen molar-refractivity contribution in [3.63, 3.8) is 0 Å². The van der Waals surface area contributed by atoms with Crippen molar-refractivity contribution in [2.75, 3.05) is 19.6 Å². The van der Waals surface area contributed by atoms with Gasteiger partial charge in [-0.05, 0) is 19.1 Å². The Labute approximate surface area is 84.3 Å². The van der Waals surface area contributed by atoms with Gasteiger partial charge in [0.05, 0.1) is 5.69 Å². The smallest absolute Gasteiger partial charge is 0.0771 e. The topological polar surface area (TPSA) is 41.1 Å². The highest BCUT2D eigenvalue weighted by Gasteiger charge is 2.15. The molecule has 1 saturated heterocycles. The van der Waals surface area contributed by atoms with E-state index in [0.717, 1.165) is 31.9 Å². The zero-order chi connectivity index (χ0) is 9.80. The molecule has 4 heteroatoms. The SMILES string of the molecule is CC1CN(Cc2cccnn2)CCN1. The van der Waals surface area contributed by atoms with Crippen LogP contribution in [0.4, 0.5) is 0 Å². The summed E-state index contributed by atoms with van der Waals surface area (Å²) in [5, 5.41) is 11.4. The molecule has 1 aromatic heterocycles. The van der Waals surface area contributed by atoms with Crippen molar-refractivity contribution in [1.82, 2.24) is 20.4 Å². The fourth-order valence-electron chi connectivity index (χ4n) is 1.80. The normalized spacial score (nSPS) is 23.6. The summed E-state index contributed by atoms with van der Waals surface area (Å²) in [6, 6.07) is 4.55. The maximum absolute atomic E-state index is 4.09. The van der Waals surface area contributed by atoms with Crippen LogP contribution in [0.3, 0.4) is 0 Å². The van der Waals surface area contributed by atoms with Gasteiger partial charge < -0.3 is 5.32 Å². The first-order valence-electron chi connectivity index (χ1n) is 5.07. The van der Waals surface area contributed by atoms with Crippen molar-refractivity contribution in [2.45, 2.75) is 19.5 Å². The molecule has 1 atom stereocenters. The van der Waals surface area contributed by atoms with Crippen LogP contribution in [-0.4, -0.2) is 40.8 Å². The Morgan fingerprint density at radius 2 is 2.57 bits per heavy atom. The Balaban J connectivity index is 1.91. The second-order valence-corrected chi connectivity index (χ2v) is 3.81. The molecule has 1 unspecified atom stereocenters. The monoisotopic (exact) mass is 192 g/mol. The average molecular weight is 192 g/mol. The lowest BCUT2D eigenvalue weighted by molar-refractivity contribution is 0.197. The number of rotatable bonds is 2. The van der Waals surface area contributed by atoms with E-state index in [1.54, 1.807) is 6.20 Å². The van der Waals surface area contributed by atoms with E-state index in [2.05, 4.69) is 27.3 Å². The maximum atomic E-state index is 4.09. The van der Waals surface area contributed by atoms with Crippen molar-refractivity contribution in [2.24, 2.45) is 0 Å². The van der Waals surface area contributed by atoms with Crippen molar-refractivity contribution in [3.8, 4) is 0 Å². The standard InChI is InChI=1S/C10H16N4/c1-9-7-14(6-5-11-9)8-10-3-2-4-12-13-10/h2-4,9,11H,5-8H2,1H3. The summed E-state index contributed by atoms with van der Waals surface area (Å²) in [5.74, 6) is 0. The second kappa shape index (κ2) is 4.48. The lowest BCUT2D eigenvalue weighted by atomic mass is 10.2. The fourth-order valence-corrected chi connectivity index (χ4v) is 1.80. The van der Waals surface area contributed by atoms with Gasteiger partial charge in [0.15, 0.2) is 0 Å². The van der Waals surface area contributed by atoms with E-state index < -0.39 is 0 Å². The van der Waals surface area contributed by atoms with Crippen LogP contribution in [0.15, 0.2) is 18.3 Å². The van der Waals surface area contributed by atoms with E-state index in [9.17, 15) is 0 Å². The van der Waals surface area contributed by atoms with Gasteiger partial charge in [-0.2, -0.15) is 10.2 Å². The minimum absolute atomic E-state index is 0.584. The van der Waals surface area contributed by atoms with Gasteiger partial charge in [0, 0.05) is 38.4 Å². The van der Waals surface area contributed by atoms with E-state index in [1.807, 2.05) is 12.1 Å². The van der Waals surface area contributed by atoms with Gasteiger partial charge >= 0.3 is 0 Å². The first-order valence-corrected chi connectivity index (χ1v) is 5.07. The van der Waals surface area contributed by atoms with Gasteiger partial charge in [0.25, 0.3) is 0 Å². The Morgan fingerprint density at radius 1 is 1.64 bits per heavy atom. The number of aromatic nitrogens is 2. The predicted octanol–water partition coefficient (Wildman–Crippen LogP) is 0.270.